The van der Waals surface area contributed by atoms with E-state index in [0.717, 1.165) is 18.8 Å². The smallest absolute Gasteiger partial charge is 0.224 e. The predicted molar refractivity (Wildman–Crippen MR) is 86.3 cm³/mol. The van der Waals surface area contributed by atoms with Gasteiger partial charge in [0.1, 0.15) is 0 Å². The predicted octanol–water partition coefficient (Wildman–Crippen LogP) is 3.05. The summed E-state index contributed by atoms with van der Waals surface area (Å²) >= 11 is 0. The molecule has 1 aromatic rings. The molecule has 2 aliphatic rings. The van der Waals surface area contributed by atoms with Gasteiger partial charge in [0.15, 0.2) is 0 Å². The SMILES string of the molecule is O=C(CCC(=O)N1CC2CCCC(C2)C1)Nc1ccccc1. The molecule has 0 radical (unpaired) electrons. The van der Waals surface area contributed by atoms with Crippen LogP contribution in [0.2, 0.25) is 0 Å². The third kappa shape index (κ3) is 3.87. The third-order valence-corrected chi connectivity index (χ3v) is 4.82. The Morgan fingerprint density at radius 3 is 2.41 bits per heavy atom. The average Bonchev–Trinajstić information content (AvgIpc) is 2.53. The number of amides is 2. The van der Waals surface area contributed by atoms with Crippen molar-refractivity contribution < 1.29 is 9.59 Å². The van der Waals surface area contributed by atoms with Crippen molar-refractivity contribution >= 4 is 17.5 Å². The van der Waals surface area contributed by atoms with Gasteiger partial charge in [0.05, 0.1) is 0 Å². The Bertz CT molecular complexity index is 517. The molecular formula is C18H24N2O2. The summed E-state index contributed by atoms with van der Waals surface area (Å²) in [6.45, 7) is 1.80. The molecule has 2 fully saturated rings. The molecule has 1 heterocycles. The average molecular weight is 300 g/mol. The minimum Gasteiger partial charge on any atom is -0.342 e. The summed E-state index contributed by atoms with van der Waals surface area (Å²) in [5.74, 6) is 1.43. The van der Waals surface area contributed by atoms with E-state index in [2.05, 4.69) is 5.32 Å². The van der Waals surface area contributed by atoms with Crippen molar-refractivity contribution in [2.45, 2.75) is 38.5 Å². The van der Waals surface area contributed by atoms with Gasteiger partial charge in [0.2, 0.25) is 11.8 Å². The first kappa shape index (κ1) is 15.1. The molecule has 22 heavy (non-hydrogen) atoms. The standard InChI is InChI=1S/C18H24N2O2/c21-17(19-16-7-2-1-3-8-16)9-10-18(22)20-12-14-5-4-6-15(11-14)13-20/h1-3,7-8,14-15H,4-6,9-13H2,(H,19,21). The van der Waals surface area contributed by atoms with Gasteiger partial charge in [0, 0.05) is 31.6 Å². The molecule has 1 saturated carbocycles. The monoisotopic (exact) mass is 300 g/mol. The van der Waals surface area contributed by atoms with Gasteiger partial charge in [-0.05, 0) is 43.2 Å². The van der Waals surface area contributed by atoms with E-state index in [9.17, 15) is 9.59 Å². The molecule has 1 N–H and O–H groups in total. The molecule has 2 amide bonds. The van der Waals surface area contributed by atoms with E-state index in [1.165, 1.54) is 25.7 Å². The minimum atomic E-state index is -0.0863. The van der Waals surface area contributed by atoms with Crippen LogP contribution >= 0.6 is 0 Å². The van der Waals surface area contributed by atoms with E-state index in [4.69, 9.17) is 0 Å². The second-order valence-electron chi connectivity index (χ2n) is 6.61. The van der Waals surface area contributed by atoms with E-state index in [1.807, 2.05) is 35.2 Å². The van der Waals surface area contributed by atoms with E-state index in [-0.39, 0.29) is 18.2 Å². The van der Waals surface area contributed by atoms with Gasteiger partial charge in [-0.1, -0.05) is 24.6 Å². The van der Waals surface area contributed by atoms with Gasteiger partial charge < -0.3 is 10.2 Å². The number of carbonyl (C=O) groups is 2. The number of fused-ring (bicyclic) bond motifs is 2. The lowest BCUT2D eigenvalue weighted by atomic mass is 9.78. The van der Waals surface area contributed by atoms with Gasteiger partial charge in [-0.3, -0.25) is 9.59 Å². The normalized spacial score (nSPS) is 23.9. The lowest BCUT2D eigenvalue weighted by Gasteiger charge is -2.41. The van der Waals surface area contributed by atoms with Crippen molar-refractivity contribution in [3.63, 3.8) is 0 Å². The van der Waals surface area contributed by atoms with Crippen LogP contribution < -0.4 is 5.32 Å². The zero-order valence-corrected chi connectivity index (χ0v) is 13.0. The second-order valence-corrected chi connectivity index (χ2v) is 6.61. The highest BCUT2D eigenvalue weighted by Crippen LogP contribution is 2.34. The van der Waals surface area contributed by atoms with Gasteiger partial charge in [-0.25, -0.2) is 0 Å². The summed E-state index contributed by atoms with van der Waals surface area (Å²) in [5, 5.41) is 2.83. The summed E-state index contributed by atoms with van der Waals surface area (Å²) in [6, 6.07) is 9.38. The molecule has 1 saturated heterocycles. The topological polar surface area (TPSA) is 49.4 Å². The van der Waals surface area contributed by atoms with Crippen molar-refractivity contribution in [3.05, 3.63) is 30.3 Å². The molecule has 4 heteroatoms. The molecule has 2 bridgehead atoms. The fourth-order valence-electron chi connectivity index (χ4n) is 3.76. The molecule has 2 unspecified atom stereocenters. The fourth-order valence-corrected chi connectivity index (χ4v) is 3.76. The Morgan fingerprint density at radius 1 is 1.05 bits per heavy atom. The zero-order valence-electron chi connectivity index (χ0n) is 13.0. The van der Waals surface area contributed by atoms with Crippen LogP contribution in [0.5, 0.6) is 0 Å². The first-order valence-electron chi connectivity index (χ1n) is 8.33. The Labute approximate surface area is 131 Å². The van der Waals surface area contributed by atoms with Crippen molar-refractivity contribution in [1.29, 1.82) is 0 Å². The van der Waals surface area contributed by atoms with Crippen LogP contribution in [0, 0.1) is 11.8 Å². The highest BCUT2D eigenvalue weighted by atomic mass is 16.2. The number of likely N-dealkylation sites (tertiary alicyclic amines) is 1. The van der Waals surface area contributed by atoms with Crippen LogP contribution in [-0.2, 0) is 9.59 Å². The quantitative estimate of drug-likeness (QED) is 0.929. The second kappa shape index (κ2) is 6.95. The number of hydrogen-bond donors (Lipinski definition) is 1. The van der Waals surface area contributed by atoms with Crippen molar-refractivity contribution in [3.8, 4) is 0 Å². The number of rotatable bonds is 4. The molecular weight excluding hydrogens is 276 g/mol. The summed E-state index contributed by atoms with van der Waals surface area (Å²) in [4.78, 5) is 26.2. The molecule has 1 aliphatic carbocycles. The van der Waals surface area contributed by atoms with Gasteiger partial charge >= 0.3 is 0 Å². The molecule has 1 aromatic carbocycles. The van der Waals surface area contributed by atoms with Crippen molar-refractivity contribution in [2.24, 2.45) is 11.8 Å². The Morgan fingerprint density at radius 2 is 1.73 bits per heavy atom. The summed E-state index contributed by atoms with van der Waals surface area (Å²) < 4.78 is 0. The van der Waals surface area contributed by atoms with Crippen molar-refractivity contribution in [1.82, 2.24) is 4.90 Å². The maximum Gasteiger partial charge on any atom is 0.224 e. The number of nitrogens with zero attached hydrogens (tertiary/aromatic N) is 1. The van der Waals surface area contributed by atoms with Gasteiger partial charge in [-0.2, -0.15) is 0 Å². The lowest BCUT2D eigenvalue weighted by molar-refractivity contribution is -0.136. The van der Waals surface area contributed by atoms with Gasteiger partial charge in [0.25, 0.3) is 0 Å². The highest BCUT2D eigenvalue weighted by Gasteiger charge is 2.32. The zero-order chi connectivity index (χ0) is 15.4. The summed E-state index contributed by atoms with van der Waals surface area (Å²) in [5.41, 5.74) is 0.785. The van der Waals surface area contributed by atoms with Gasteiger partial charge in [-0.15, -0.1) is 0 Å². The van der Waals surface area contributed by atoms with E-state index in [1.54, 1.807) is 0 Å². The van der Waals surface area contributed by atoms with Crippen LogP contribution in [0.1, 0.15) is 38.5 Å². The Hall–Kier alpha value is -1.84. The number of carbonyl (C=O) groups excluding carboxylic acids is 2. The number of hydrogen-bond acceptors (Lipinski definition) is 2. The van der Waals surface area contributed by atoms with Crippen LogP contribution in [0.3, 0.4) is 0 Å². The fraction of sp³-hybridized carbons (Fsp3) is 0.556. The molecule has 0 aromatic heterocycles. The lowest BCUT2D eigenvalue weighted by Crippen LogP contribution is -2.45. The highest BCUT2D eigenvalue weighted by molar-refractivity contribution is 5.93. The largest absolute Gasteiger partial charge is 0.342 e. The number of piperidine rings is 1. The summed E-state index contributed by atoms with van der Waals surface area (Å²) in [7, 11) is 0. The molecule has 3 rings (SSSR count). The maximum absolute atomic E-state index is 12.3. The number of anilines is 1. The molecule has 2 atom stereocenters. The maximum atomic E-state index is 12.3. The van der Waals surface area contributed by atoms with Crippen LogP contribution in [0.4, 0.5) is 5.69 Å². The number of para-hydroxylation sites is 1. The van der Waals surface area contributed by atoms with E-state index in [0.29, 0.717) is 18.3 Å². The third-order valence-electron chi connectivity index (χ3n) is 4.82. The molecule has 118 valence electrons. The molecule has 0 spiro atoms. The molecule has 4 nitrogen and oxygen atoms in total. The first-order chi connectivity index (χ1) is 10.7. The Kier molecular flexibility index (Phi) is 4.76. The number of benzene rings is 1. The number of nitrogens with one attached hydrogen (secondary N) is 1. The van der Waals surface area contributed by atoms with E-state index >= 15 is 0 Å². The summed E-state index contributed by atoms with van der Waals surface area (Å²) in [6.07, 6.45) is 5.70. The van der Waals surface area contributed by atoms with Crippen LogP contribution in [-0.4, -0.2) is 29.8 Å². The molecule has 1 aliphatic heterocycles. The first-order valence-corrected chi connectivity index (χ1v) is 8.33. The minimum absolute atomic E-state index is 0.0863. The van der Waals surface area contributed by atoms with Crippen LogP contribution in [0.25, 0.3) is 0 Å². The van der Waals surface area contributed by atoms with Crippen LogP contribution in [0.15, 0.2) is 30.3 Å². The van der Waals surface area contributed by atoms with E-state index < -0.39 is 0 Å². The Balaban J connectivity index is 1.45. The van der Waals surface area contributed by atoms with Crippen molar-refractivity contribution in [2.75, 3.05) is 18.4 Å².